The number of hydrogen-bond acceptors (Lipinski definition) is 3. The van der Waals surface area contributed by atoms with Crippen LogP contribution in [-0.2, 0) is 18.5 Å². The molecular weight excluding hydrogens is 248 g/mol. The molecular formula is C16H26N4. The zero-order valence-electron chi connectivity index (χ0n) is 13.3. The van der Waals surface area contributed by atoms with Crippen molar-refractivity contribution in [3.63, 3.8) is 0 Å². The van der Waals surface area contributed by atoms with Crippen molar-refractivity contribution in [1.29, 1.82) is 0 Å². The van der Waals surface area contributed by atoms with Gasteiger partial charge in [-0.1, -0.05) is 6.07 Å². The van der Waals surface area contributed by atoms with Crippen LogP contribution in [0.3, 0.4) is 0 Å². The average Bonchev–Trinajstić information content (AvgIpc) is 2.73. The number of hydrogen-bond donors (Lipinski definition) is 1. The van der Waals surface area contributed by atoms with Crippen molar-refractivity contribution in [1.82, 2.24) is 14.5 Å². The van der Waals surface area contributed by atoms with Gasteiger partial charge in [-0.15, -0.1) is 0 Å². The number of aromatic nitrogens is 2. The summed E-state index contributed by atoms with van der Waals surface area (Å²) in [5, 5.41) is 0. The maximum absolute atomic E-state index is 5.73. The fraction of sp³-hybridized carbons (Fsp3) is 0.562. The zero-order valence-corrected chi connectivity index (χ0v) is 13.3. The normalized spacial score (nSPS) is 12.6. The van der Waals surface area contributed by atoms with Crippen LogP contribution in [0.25, 0.3) is 11.0 Å². The van der Waals surface area contributed by atoms with E-state index in [2.05, 4.69) is 62.5 Å². The molecule has 2 rings (SSSR count). The van der Waals surface area contributed by atoms with E-state index < -0.39 is 0 Å². The molecule has 0 radical (unpaired) electrons. The Bertz CT molecular complexity index is 590. The fourth-order valence-corrected chi connectivity index (χ4v) is 2.54. The zero-order chi connectivity index (χ0) is 14.9. The van der Waals surface area contributed by atoms with Gasteiger partial charge in [0, 0.05) is 25.0 Å². The lowest BCUT2D eigenvalue weighted by Crippen LogP contribution is -2.26. The van der Waals surface area contributed by atoms with Crippen LogP contribution < -0.4 is 5.73 Å². The van der Waals surface area contributed by atoms with Crippen molar-refractivity contribution in [3.05, 3.63) is 29.6 Å². The predicted octanol–water partition coefficient (Wildman–Crippen LogP) is 2.35. The summed E-state index contributed by atoms with van der Waals surface area (Å²) in [5.41, 5.74) is 9.14. The molecule has 4 nitrogen and oxygen atoms in total. The number of nitrogens with two attached hydrogens (primary N) is 1. The summed E-state index contributed by atoms with van der Waals surface area (Å²) in [6.45, 7) is 8.24. The Morgan fingerprint density at radius 3 is 2.50 bits per heavy atom. The van der Waals surface area contributed by atoms with Crippen molar-refractivity contribution in [2.45, 2.75) is 39.3 Å². The molecule has 4 heteroatoms. The van der Waals surface area contributed by atoms with Gasteiger partial charge in [0.2, 0.25) is 0 Å². The first kappa shape index (κ1) is 15.0. The van der Waals surface area contributed by atoms with E-state index in [9.17, 15) is 0 Å². The Hall–Kier alpha value is -1.39. The Morgan fingerprint density at radius 1 is 1.25 bits per heavy atom. The summed E-state index contributed by atoms with van der Waals surface area (Å²) >= 11 is 0. The summed E-state index contributed by atoms with van der Waals surface area (Å²) < 4.78 is 2.35. The molecule has 0 bridgehead atoms. The van der Waals surface area contributed by atoms with Crippen molar-refractivity contribution in [2.24, 2.45) is 5.73 Å². The number of rotatable bonds is 4. The number of likely N-dealkylation sites (N-methyl/N-ethyl adjacent to an activating group) is 1. The van der Waals surface area contributed by atoms with Crippen LogP contribution in [0.15, 0.2) is 18.2 Å². The van der Waals surface area contributed by atoms with E-state index in [-0.39, 0.29) is 5.54 Å². The van der Waals surface area contributed by atoms with Gasteiger partial charge in [-0.25, -0.2) is 4.98 Å². The lowest BCUT2D eigenvalue weighted by atomic mass is 10.1. The third-order valence-electron chi connectivity index (χ3n) is 3.48. The first-order valence-corrected chi connectivity index (χ1v) is 7.18. The molecule has 1 heterocycles. The van der Waals surface area contributed by atoms with Gasteiger partial charge < -0.3 is 15.2 Å². The SMILES string of the molecule is CN(C)CCc1nc2cc(CN)ccc2n1C(C)(C)C. The predicted molar refractivity (Wildman–Crippen MR) is 84.9 cm³/mol. The monoisotopic (exact) mass is 274 g/mol. The van der Waals surface area contributed by atoms with E-state index in [0.717, 1.165) is 29.9 Å². The van der Waals surface area contributed by atoms with Crippen molar-refractivity contribution >= 4 is 11.0 Å². The van der Waals surface area contributed by atoms with Crippen LogP contribution in [0.1, 0.15) is 32.2 Å². The minimum atomic E-state index is 0.0284. The van der Waals surface area contributed by atoms with Gasteiger partial charge in [-0.2, -0.15) is 0 Å². The van der Waals surface area contributed by atoms with Gasteiger partial charge in [0.1, 0.15) is 5.82 Å². The molecule has 1 aromatic heterocycles. The Balaban J connectivity index is 2.54. The van der Waals surface area contributed by atoms with Crippen LogP contribution in [0, 0.1) is 0 Å². The lowest BCUT2D eigenvalue weighted by Gasteiger charge is -2.25. The minimum Gasteiger partial charge on any atom is -0.326 e. The molecule has 0 unspecified atom stereocenters. The van der Waals surface area contributed by atoms with E-state index in [0.29, 0.717) is 6.54 Å². The molecule has 0 fully saturated rings. The molecule has 1 aromatic carbocycles. The molecule has 0 aliphatic rings. The third kappa shape index (κ3) is 3.02. The van der Waals surface area contributed by atoms with Crippen molar-refractivity contribution in [2.75, 3.05) is 20.6 Å². The maximum atomic E-state index is 5.73. The smallest absolute Gasteiger partial charge is 0.111 e. The lowest BCUT2D eigenvalue weighted by molar-refractivity contribution is 0.370. The summed E-state index contributed by atoms with van der Waals surface area (Å²) in [6, 6.07) is 6.35. The van der Waals surface area contributed by atoms with Crippen LogP contribution in [0.2, 0.25) is 0 Å². The molecule has 2 N–H and O–H groups in total. The van der Waals surface area contributed by atoms with E-state index in [1.165, 1.54) is 5.52 Å². The van der Waals surface area contributed by atoms with Gasteiger partial charge in [0.05, 0.1) is 11.0 Å². The minimum absolute atomic E-state index is 0.0284. The summed E-state index contributed by atoms with van der Waals surface area (Å²) in [4.78, 5) is 7.03. The van der Waals surface area contributed by atoms with E-state index in [4.69, 9.17) is 10.7 Å². The molecule has 2 aromatic rings. The second kappa shape index (κ2) is 5.54. The van der Waals surface area contributed by atoms with Gasteiger partial charge in [0.25, 0.3) is 0 Å². The van der Waals surface area contributed by atoms with E-state index in [1.54, 1.807) is 0 Å². The summed E-state index contributed by atoms with van der Waals surface area (Å²) in [5.74, 6) is 1.15. The summed E-state index contributed by atoms with van der Waals surface area (Å²) in [6.07, 6.45) is 0.955. The molecule has 0 saturated heterocycles. The molecule has 110 valence electrons. The largest absolute Gasteiger partial charge is 0.326 e. The quantitative estimate of drug-likeness (QED) is 0.931. The van der Waals surface area contributed by atoms with E-state index in [1.807, 2.05) is 0 Å². The number of nitrogens with zero attached hydrogens (tertiary/aromatic N) is 3. The van der Waals surface area contributed by atoms with Gasteiger partial charge in [-0.3, -0.25) is 0 Å². The van der Waals surface area contributed by atoms with Crippen LogP contribution >= 0.6 is 0 Å². The van der Waals surface area contributed by atoms with Crippen LogP contribution in [0.4, 0.5) is 0 Å². The molecule has 0 aliphatic heterocycles. The highest BCUT2D eigenvalue weighted by molar-refractivity contribution is 5.77. The summed E-state index contributed by atoms with van der Waals surface area (Å²) in [7, 11) is 4.19. The molecule has 0 aliphatic carbocycles. The van der Waals surface area contributed by atoms with Gasteiger partial charge in [0.15, 0.2) is 0 Å². The number of fused-ring (bicyclic) bond motifs is 1. The Labute approximate surface area is 121 Å². The number of imidazole rings is 1. The highest BCUT2D eigenvalue weighted by Crippen LogP contribution is 2.26. The highest BCUT2D eigenvalue weighted by Gasteiger charge is 2.21. The topological polar surface area (TPSA) is 47.1 Å². The van der Waals surface area contributed by atoms with Crippen LogP contribution in [-0.4, -0.2) is 35.1 Å². The first-order chi connectivity index (χ1) is 9.32. The Morgan fingerprint density at radius 2 is 1.95 bits per heavy atom. The fourth-order valence-electron chi connectivity index (χ4n) is 2.54. The second-order valence-corrected chi connectivity index (χ2v) is 6.61. The van der Waals surface area contributed by atoms with Crippen molar-refractivity contribution in [3.8, 4) is 0 Å². The molecule has 20 heavy (non-hydrogen) atoms. The van der Waals surface area contributed by atoms with Crippen molar-refractivity contribution < 1.29 is 0 Å². The van der Waals surface area contributed by atoms with Gasteiger partial charge >= 0.3 is 0 Å². The van der Waals surface area contributed by atoms with Crippen LogP contribution in [0.5, 0.6) is 0 Å². The molecule has 0 saturated carbocycles. The standard InChI is InChI=1S/C16H26N4/c1-16(2,3)20-14-7-6-12(11-17)10-13(14)18-15(20)8-9-19(4)5/h6-7,10H,8-9,11,17H2,1-5H3. The molecule has 0 amide bonds. The number of benzene rings is 1. The Kier molecular flexibility index (Phi) is 4.16. The molecule has 0 spiro atoms. The second-order valence-electron chi connectivity index (χ2n) is 6.61. The maximum Gasteiger partial charge on any atom is 0.111 e. The first-order valence-electron chi connectivity index (χ1n) is 7.18. The third-order valence-corrected chi connectivity index (χ3v) is 3.48. The molecule has 0 atom stereocenters. The van der Waals surface area contributed by atoms with Gasteiger partial charge in [-0.05, 0) is 52.6 Å². The average molecular weight is 274 g/mol. The highest BCUT2D eigenvalue weighted by atomic mass is 15.1. The van der Waals surface area contributed by atoms with E-state index >= 15 is 0 Å².